The number of benzene rings is 1. The fraction of sp³-hybridized carbons (Fsp3) is 0.471. The third-order valence-corrected chi connectivity index (χ3v) is 3.61. The van der Waals surface area contributed by atoms with Gasteiger partial charge in [0.15, 0.2) is 0 Å². The standard InChI is InChI=1S/C17H21NO3/c1-17(2,3)21-16(19)18-9-8-12-11-13(6-7-14(12)18)15-5-4-10-20-15/h6-9,11,15H,4-5,10H2,1-3H3. The fourth-order valence-electron chi connectivity index (χ4n) is 2.67. The summed E-state index contributed by atoms with van der Waals surface area (Å²) in [5.41, 5.74) is 1.55. The fourth-order valence-corrected chi connectivity index (χ4v) is 2.67. The second kappa shape index (κ2) is 5.19. The van der Waals surface area contributed by atoms with Crippen molar-refractivity contribution in [2.45, 2.75) is 45.3 Å². The first-order valence-electron chi connectivity index (χ1n) is 7.40. The van der Waals surface area contributed by atoms with E-state index in [1.54, 1.807) is 10.8 Å². The van der Waals surface area contributed by atoms with Crippen molar-refractivity contribution in [3.05, 3.63) is 36.0 Å². The summed E-state index contributed by atoms with van der Waals surface area (Å²) in [6, 6.07) is 8.05. The lowest BCUT2D eigenvalue weighted by Gasteiger charge is -2.19. The van der Waals surface area contributed by atoms with Gasteiger partial charge in [0.1, 0.15) is 5.60 Å². The SMILES string of the molecule is CC(C)(C)OC(=O)n1ccc2cc(C3CCCO3)ccc21. The molecular formula is C17H21NO3. The molecular weight excluding hydrogens is 266 g/mol. The van der Waals surface area contributed by atoms with Gasteiger partial charge in [-0.1, -0.05) is 6.07 Å². The first kappa shape index (κ1) is 14.1. The molecule has 2 heterocycles. The second-order valence-corrected chi connectivity index (χ2v) is 6.49. The van der Waals surface area contributed by atoms with E-state index in [4.69, 9.17) is 9.47 Å². The van der Waals surface area contributed by atoms with Crippen molar-refractivity contribution in [3.63, 3.8) is 0 Å². The molecule has 1 unspecified atom stereocenters. The molecule has 1 aromatic heterocycles. The molecule has 0 spiro atoms. The molecule has 0 radical (unpaired) electrons. The zero-order valence-electron chi connectivity index (χ0n) is 12.8. The molecule has 4 heteroatoms. The summed E-state index contributed by atoms with van der Waals surface area (Å²) in [7, 11) is 0. The highest BCUT2D eigenvalue weighted by atomic mass is 16.6. The van der Waals surface area contributed by atoms with Crippen LogP contribution in [0.4, 0.5) is 4.79 Å². The summed E-state index contributed by atoms with van der Waals surface area (Å²) < 4.78 is 12.7. The number of carbonyl (C=O) groups is 1. The quantitative estimate of drug-likeness (QED) is 0.786. The topological polar surface area (TPSA) is 40.5 Å². The van der Waals surface area contributed by atoms with Crippen LogP contribution in [0.5, 0.6) is 0 Å². The number of fused-ring (bicyclic) bond motifs is 1. The third-order valence-electron chi connectivity index (χ3n) is 3.61. The number of nitrogens with zero attached hydrogens (tertiary/aromatic N) is 1. The highest BCUT2D eigenvalue weighted by Gasteiger charge is 2.21. The van der Waals surface area contributed by atoms with Crippen molar-refractivity contribution in [2.75, 3.05) is 6.61 Å². The summed E-state index contributed by atoms with van der Waals surface area (Å²) in [6.07, 6.45) is 3.79. The number of hydrogen-bond donors (Lipinski definition) is 0. The van der Waals surface area contributed by atoms with Gasteiger partial charge < -0.3 is 9.47 Å². The molecule has 112 valence electrons. The maximum Gasteiger partial charge on any atom is 0.418 e. The van der Waals surface area contributed by atoms with Gasteiger partial charge in [-0.05, 0) is 57.4 Å². The minimum absolute atomic E-state index is 0.194. The predicted octanol–water partition coefficient (Wildman–Crippen LogP) is 4.28. The number of carbonyl (C=O) groups excluding carboxylic acids is 1. The summed E-state index contributed by atoms with van der Waals surface area (Å²) >= 11 is 0. The summed E-state index contributed by atoms with van der Waals surface area (Å²) in [5.74, 6) is 0. The van der Waals surface area contributed by atoms with E-state index in [1.807, 2.05) is 39.0 Å². The first-order chi connectivity index (χ1) is 9.94. The summed E-state index contributed by atoms with van der Waals surface area (Å²) in [5, 5.41) is 1.04. The van der Waals surface area contributed by atoms with Crippen molar-refractivity contribution in [3.8, 4) is 0 Å². The highest BCUT2D eigenvalue weighted by Crippen LogP contribution is 2.30. The minimum Gasteiger partial charge on any atom is -0.443 e. The largest absolute Gasteiger partial charge is 0.443 e. The van der Waals surface area contributed by atoms with Crippen LogP contribution in [-0.2, 0) is 9.47 Å². The van der Waals surface area contributed by atoms with Crippen LogP contribution >= 0.6 is 0 Å². The monoisotopic (exact) mass is 287 g/mol. The Morgan fingerprint density at radius 1 is 1.33 bits per heavy atom. The van der Waals surface area contributed by atoms with E-state index in [9.17, 15) is 4.79 Å². The summed E-state index contributed by atoms with van der Waals surface area (Å²) in [4.78, 5) is 12.2. The first-order valence-corrected chi connectivity index (χ1v) is 7.40. The number of aromatic nitrogens is 1. The van der Waals surface area contributed by atoms with Crippen LogP contribution in [0, 0.1) is 0 Å². The maximum atomic E-state index is 12.2. The Hall–Kier alpha value is -1.81. The molecule has 1 aliphatic rings. The van der Waals surface area contributed by atoms with Crippen LogP contribution in [0.15, 0.2) is 30.5 Å². The zero-order chi connectivity index (χ0) is 15.0. The van der Waals surface area contributed by atoms with Gasteiger partial charge in [-0.2, -0.15) is 0 Å². The van der Waals surface area contributed by atoms with E-state index in [0.29, 0.717) is 0 Å². The van der Waals surface area contributed by atoms with E-state index in [2.05, 4.69) is 6.07 Å². The Kier molecular flexibility index (Phi) is 3.49. The second-order valence-electron chi connectivity index (χ2n) is 6.49. The number of ether oxygens (including phenoxy) is 2. The molecule has 4 nitrogen and oxygen atoms in total. The van der Waals surface area contributed by atoms with Crippen LogP contribution in [0.2, 0.25) is 0 Å². The zero-order valence-corrected chi connectivity index (χ0v) is 12.8. The molecule has 3 rings (SSSR count). The lowest BCUT2D eigenvalue weighted by molar-refractivity contribution is 0.0544. The lowest BCUT2D eigenvalue weighted by atomic mass is 10.1. The molecule has 1 aromatic carbocycles. The van der Waals surface area contributed by atoms with Gasteiger partial charge in [-0.25, -0.2) is 4.79 Å². The number of hydrogen-bond acceptors (Lipinski definition) is 3. The van der Waals surface area contributed by atoms with Crippen molar-refractivity contribution in [1.29, 1.82) is 0 Å². The smallest absolute Gasteiger partial charge is 0.418 e. The minimum atomic E-state index is -0.495. The lowest BCUT2D eigenvalue weighted by Crippen LogP contribution is -2.26. The van der Waals surface area contributed by atoms with Gasteiger partial charge in [0.2, 0.25) is 0 Å². The van der Waals surface area contributed by atoms with E-state index in [0.717, 1.165) is 30.4 Å². The molecule has 0 aliphatic carbocycles. The molecule has 1 aliphatic heterocycles. The van der Waals surface area contributed by atoms with Crippen molar-refractivity contribution < 1.29 is 14.3 Å². The van der Waals surface area contributed by atoms with Gasteiger partial charge in [0, 0.05) is 18.2 Å². The Morgan fingerprint density at radius 2 is 2.14 bits per heavy atom. The van der Waals surface area contributed by atoms with E-state index >= 15 is 0 Å². The molecule has 0 saturated carbocycles. The number of rotatable bonds is 1. The van der Waals surface area contributed by atoms with Crippen LogP contribution in [-0.4, -0.2) is 22.9 Å². The van der Waals surface area contributed by atoms with E-state index < -0.39 is 5.60 Å². The normalized spacial score (nSPS) is 19.1. The molecule has 0 bridgehead atoms. The average Bonchev–Trinajstić information content (AvgIpc) is 3.05. The average molecular weight is 287 g/mol. The van der Waals surface area contributed by atoms with Crippen LogP contribution < -0.4 is 0 Å². The molecule has 2 aromatic rings. The van der Waals surface area contributed by atoms with Crippen molar-refractivity contribution in [1.82, 2.24) is 4.57 Å². The van der Waals surface area contributed by atoms with Crippen molar-refractivity contribution in [2.24, 2.45) is 0 Å². The van der Waals surface area contributed by atoms with Crippen LogP contribution in [0.1, 0.15) is 45.3 Å². The maximum absolute atomic E-state index is 12.2. The summed E-state index contributed by atoms with van der Waals surface area (Å²) in [6.45, 7) is 6.44. The van der Waals surface area contributed by atoms with Gasteiger partial charge >= 0.3 is 6.09 Å². The molecule has 0 amide bonds. The Balaban J connectivity index is 1.90. The molecule has 1 saturated heterocycles. The molecule has 21 heavy (non-hydrogen) atoms. The Labute approximate surface area is 124 Å². The van der Waals surface area contributed by atoms with Crippen LogP contribution in [0.25, 0.3) is 10.9 Å². The Morgan fingerprint density at radius 3 is 2.81 bits per heavy atom. The Bertz CT molecular complexity index is 660. The van der Waals surface area contributed by atoms with Crippen LogP contribution in [0.3, 0.4) is 0 Å². The molecule has 1 fully saturated rings. The van der Waals surface area contributed by atoms with Gasteiger partial charge in [0.05, 0.1) is 11.6 Å². The predicted molar refractivity (Wildman–Crippen MR) is 81.5 cm³/mol. The molecule has 0 N–H and O–H groups in total. The third kappa shape index (κ3) is 2.95. The highest BCUT2D eigenvalue weighted by molar-refractivity contribution is 5.90. The van der Waals surface area contributed by atoms with Gasteiger partial charge in [0.25, 0.3) is 0 Å². The van der Waals surface area contributed by atoms with E-state index in [1.165, 1.54) is 5.56 Å². The van der Waals surface area contributed by atoms with E-state index in [-0.39, 0.29) is 12.2 Å². The molecule has 1 atom stereocenters. The van der Waals surface area contributed by atoms with Gasteiger partial charge in [-0.15, -0.1) is 0 Å². The van der Waals surface area contributed by atoms with Gasteiger partial charge in [-0.3, -0.25) is 4.57 Å². The van der Waals surface area contributed by atoms with Crippen molar-refractivity contribution >= 4 is 17.0 Å².